The monoisotopic (exact) mass is 292 g/mol. The summed E-state index contributed by atoms with van der Waals surface area (Å²) in [6.45, 7) is 2.59. The molecule has 3 N–H and O–H groups in total. The van der Waals surface area contributed by atoms with Crippen LogP contribution in [-0.2, 0) is 29.7 Å². The second-order valence-corrected chi connectivity index (χ2v) is 6.75. The maximum atomic E-state index is 12.8. The normalized spacial score (nSPS) is 15.5. The van der Waals surface area contributed by atoms with Gasteiger partial charge < -0.3 is 5.73 Å². The molecule has 7 heteroatoms. The standard InChI is InChI=1S/C13H16N4O2S/c1-9-13(12(6-14)16-15-9)20(18,19)17-7-10-4-2-3-5-11(10)8-17/h2-5H,6-8,14H2,1H3,(H,15,16). The van der Waals surface area contributed by atoms with Gasteiger partial charge in [-0.25, -0.2) is 8.42 Å². The molecule has 0 aliphatic carbocycles. The van der Waals surface area contributed by atoms with Crippen LogP contribution in [0.25, 0.3) is 0 Å². The Bertz CT molecular complexity index is 726. The Kier molecular flexibility index (Phi) is 3.12. The zero-order valence-corrected chi connectivity index (χ0v) is 11.9. The Morgan fingerprint density at radius 3 is 2.45 bits per heavy atom. The predicted octanol–water partition coefficient (Wildman–Crippen LogP) is 0.881. The van der Waals surface area contributed by atoms with Crippen molar-refractivity contribution in [2.45, 2.75) is 31.5 Å². The van der Waals surface area contributed by atoms with E-state index in [0.29, 0.717) is 24.5 Å². The number of nitrogens with zero attached hydrogens (tertiary/aromatic N) is 2. The summed E-state index contributed by atoms with van der Waals surface area (Å²) >= 11 is 0. The molecule has 0 amide bonds. The van der Waals surface area contributed by atoms with E-state index in [1.54, 1.807) is 6.92 Å². The molecule has 1 aliphatic heterocycles. The number of hydrogen-bond acceptors (Lipinski definition) is 4. The van der Waals surface area contributed by atoms with Gasteiger partial charge >= 0.3 is 0 Å². The number of aryl methyl sites for hydroxylation is 1. The van der Waals surface area contributed by atoms with Crippen molar-refractivity contribution in [1.29, 1.82) is 0 Å². The van der Waals surface area contributed by atoms with Crippen molar-refractivity contribution in [1.82, 2.24) is 14.5 Å². The summed E-state index contributed by atoms with van der Waals surface area (Å²) in [5, 5.41) is 6.67. The molecular weight excluding hydrogens is 276 g/mol. The molecular formula is C13H16N4O2S. The SMILES string of the molecule is Cc1[nH]nc(CN)c1S(=O)(=O)N1Cc2ccccc2C1. The van der Waals surface area contributed by atoms with Gasteiger partial charge in [0.15, 0.2) is 0 Å². The Labute approximate surface area is 117 Å². The fourth-order valence-electron chi connectivity index (χ4n) is 2.55. The molecule has 6 nitrogen and oxygen atoms in total. The summed E-state index contributed by atoms with van der Waals surface area (Å²) in [7, 11) is -3.58. The van der Waals surface area contributed by atoms with Gasteiger partial charge in [0, 0.05) is 19.6 Å². The zero-order chi connectivity index (χ0) is 14.3. The first-order chi connectivity index (χ1) is 9.54. The Morgan fingerprint density at radius 2 is 1.90 bits per heavy atom. The minimum absolute atomic E-state index is 0.0969. The molecule has 2 heterocycles. The first-order valence-corrected chi connectivity index (χ1v) is 7.79. The molecule has 0 atom stereocenters. The fourth-order valence-corrected chi connectivity index (χ4v) is 4.29. The van der Waals surface area contributed by atoms with Crippen LogP contribution in [0.1, 0.15) is 22.5 Å². The van der Waals surface area contributed by atoms with Crippen LogP contribution in [-0.4, -0.2) is 22.9 Å². The highest BCUT2D eigenvalue weighted by Gasteiger charge is 2.34. The summed E-state index contributed by atoms with van der Waals surface area (Å²) in [5.41, 5.74) is 8.59. The smallest absolute Gasteiger partial charge is 0.247 e. The van der Waals surface area contributed by atoms with Gasteiger partial charge in [-0.15, -0.1) is 0 Å². The van der Waals surface area contributed by atoms with Crippen LogP contribution in [0.5, 0.6) is 0 Å². The number of rotatable bonds is 3. The first-order valence-electron chi connectivity index (χ1n) is 6.35. The highest BCUT2D eigenvalue weighted by atomic mass is 32.2. The van der Waals surface area contributed by atoms with Gasteiger partial charge in [-0.05, 0) is 18.1 Å². The highest BCUT2D eigenvalue weighted by molar-refractivity contribution is 7.89. The van der Waals surface area contributed by atoms with Crippen LogP contribution in [0.4, 0.5) is 0 Å². The van der Waals surface area contributed by atoms with E-state index in [4.69, 9.17) is 5.73 Å². The van der Waals surface area contributed by atoms with Crippen molar-refractivity contribution in [3.05, 3.63) is 46.8 Å². The van der Waals surface area contributed by atoms with Crippen molar-refractivity contribution in [3.63, 3.8) is 0 Å². The molecule has 20 heavy (non-hydrogen) atoms. The lowest BCUT2D eigenvalue weighted by Gasteiger charge is -2.16. The van der Waals surface area contributed by atoms with Crippen LogP contribution in [0.15, 0.2) is 29.2 Å². The molecule has 2 aromatic rings. The molecule has 3 rings (SSSR count). The maximum absolute atomic E-state index is 12.8. The lowest BCUT2D eigenvalue weighted by Crippen LogP contribution is -2.27. The molecule has 0 fully saturated rings. The average molecular weight is 292 g/mol. The van der Waals surface area contributed by atoms with Crippen molar-refractivity contribution >= 4 is 10.0 Å². The Hall–Kier alpha value is -1.70. The van der Waals surface area contributed by atoms with E-state index in [9.17, 15) is 8.42 Å². The van der Waals surface area contributed by atoms with Gasteiger partial charge in [0.2, 0.25) is 10.0 Å². The maximum Gasteiger partial charge on any atom is 0.247 e. The number of aromatic amines is 1. The van der Waals surface area contributed by atoms with Crippen LogP contribution in [0.2, 0.25) is 0 Å². The lowest BCUT2D eigenvalue weighted by atomic mass is 10.1. The molecule has 0 spiro atoms. The van der Waals surface area contributed by atoms with Crippen LogP contribution < -0.4 is 5.73 Å². The molecule has 1 aromatic carbocycles. The zero-order valence-electron chi connectivity index (χ0n) is 11.1. The highest BCUT2D eigenvalue weighted by Crippen LogP contribution is 2.30. The lowest BCUT2D eigenvalue weighted by molar-refractivity contribution is 0.430. The number of H-pyrrole nitrogens is 1. The molecule has 0 unspecified atom stereocenters. The van der Waals surface area contributed by atoms with E-state index >= 15 is 0 Å². The third kappa shape index (κ3) is 1.94. The average Bonchev–Trinajstić information content (AvgIpc) is 3.02. The first kappa shape index (κ1) is 13.3. The van der Waals surface area contributed by atoms with Crippen LogP contribution in [0.3, 0.4) is 0 Å². The number of hydrogen-bond donors (Lipinski definition) is 2. The number of nitrogens with one attached hydrogen (secondary N) is 1. The second kappa shape index (κ2) is 4.69. The minimum atomic E-state index is -3.58. The largest absolute Gasteiger partial charge is 0.325 e. The Balaban J connectivity index is 2.01. The predicted molar refractivity (Wildman–Crippen MR) is 74.1 cm³/mol. The van der Waals surface area contributed by atoms with Crippen molar-refractivity contribution in [2.24, 2.45) is 5.73 Å². The summed E-state index contributed by atoms with van der Waals surface area (Å²) < 4.78 is 27.0. The van der Waals surface area contributed by atoms with Gasteiger partial charge in [0.1, 0.15) is 4.90 Å². The van der Waals surface area contributed by atoms with Gasteiger partial charge in [-0.3, -0.25) is 5.10 Å². The van der Waals surface area contributed by atoms with E-state index in [2.05, 4.69) is 10.2 Å². The number of fused-ring (bicyclic) bond motifs is 1. The molecule has 0 bridgehead atoms. The van der Waals surface area contributed by atoms with E-state index in [1.807, 2.05) is 24.3 Å². The molecule has 106 valence electrons. The molecule has 0 radical (unpaired) electrons. The van der Waals surface area contributed by atoms with E-state index in [0.717, 1.165) is 11.1 Å². The molecule has 0 saturated carbocycles. The van der Waals surface area contributed by atoms with E-state index in [1.165, 1.54) is 4.31 Å². The molecule has 1 aromatic heterocycles. The van der Waals surface area contributed by atoms with Crippen molar-refractivity contribution < 1.29 is 8.42 Å². The Morgan fingerprint density at radius 1 is 1.30 bits per heavy atom. The number of aromatic nitrogens is 2. The third-order valence-corrected chi connectivity index (χ3v) is 5.56. The van der Waals surface area contributed by atoms with Crippen molar-refractivity contribution in [2.75, 3.05) is 0 Å². The number of benzene rings is 1. The molecule has 0 saturated heterocycles. The van der Waals surface area contributed by atoms with Crippen molar-refractivity contribution in [3.8, 4) is 0 Å². The topological polar surface area (TPSA) is 92.1 Å². The third-order valence-electron chi connectivity index (χ3n) is 3.56. The number of sulfonamides is 1. The summed E-state index contributed by atoms with van der Waals surface area (Å²) in [4.78, 5) is 0.216. The van der Waals surface area contributed by atoms with Gasteiger partial charge in [0.05, 0.1) is 11.4 Å². The van der Waals surface area contributed by atoms with Crippen LogP contribution in [0, 0.1) is 6.92 Å². The minimum Gasteiger partial charge on any atom is -0.325 e. The van der Waals surface area contributed by atoms with Gasteiger partial charge in [-0.2, -0.15) is 9.40 Å². The fraction of sp³-hybridized carbons (Fsp3) is 0.308. The van der Waals surface area contributed by atoms with E-state index in [-0.39, 0.29) is 11.4 Å². The summed E-state index contributed by atoms with van der Waals surface area (Å²) in [5.74, 6) is 0. The summed E-state index contributed by atoms with van der Waals surface area (Å²) in [6.07, 6.45) is 0. The van der Waals surface area contributed by atoms with Gasteiger partial charge in [0.25, 0.3) is 0 Å². The van der Waals surface area contributed by atoms with Gasteiger partial charge in [-0.1, -0.05) is 24.3 Å². The number of nitrogens with two attached hydrogens (primary N) is 1. The van der Waals surface area contributed by atoms with E-state index < -0.39 is 10.0 Å². The summed E-state index contributed by atoms with van der Waals surface area (Å²) in [6, 6.07) is 7.75. The van der Waals surface area contributed by atoms with Crippen LogP contribution >= 0.6 is 0 Å². The second-order valence-electron chi connectivity index (χ2n) is 4.87. The quantitative estimate of drug-likeness (QED) is 0.878. The molecule has 1 aliphatic rings.